The molecule has 1 radical (unpaired) electrons. The van der Waals surface area contributed by atoms with E-state index in [2.05, 4.69) is 28.2 Å². The SMILES string of the molecule is CCCCCCCCCCCCCCC[CH]Br. The van der Waals surface area contributed by atoms with Crippen LogP contribution >= 0.6 is 15.9 Å². The summed E-state index contributed by atoms with van der Waals surface area (Å²) in [5, 5.41) is 2.10. The minimum atomic E-state index is 1.23. The molecule has 0 aliphatic carbocycles. The maximum Gasteiger partial charge on any atom is 0.0271 e. The molecule has 0 N–H and O–H groups in total. The van der Waals surface area contributed by atoms with Gasteiger partial charge in [-0.1, -0.05) is 106 Å². The van der Waals surface area contributed by atoms with E-state index in [0.29, 0.717) is 0 Å². The molecular weight excluding hydrogens is 272 g/mol. The van der Waals surface area contributed by atoms with Gasteiger partial charge >= 0.3 is 0 Å². The molecule has 0 aromatic rings. The van der Waals surface area contributed by atoms with E-state index in [0.717, 1.165) is 0 Å². The first-order valence-electron chi connectivity index (χ1n) is 7.83. The van der Waals surface area contributed by atoms with Crippen LogP contribution in [0.3, 0.4) is 0 Å². The Morgan fingerprint density at radius 3 is 1.29 bits per heavy atom. The van der Waals surface area contributed by atoms with Crippen LogP contribution in [0.2, 0.25) is 0 Å². The highest BCUT2D eigenvalue weighted by molar-refractivity contribution is 9.10. The molecule has 0 aliphatic rings. The van der Waals surface area contributed by atoms with Crippen LogP contribution in [0.25, 0.3) is 0 Å². The number of rotatable bonds is 14. The van der Waals surface area contributed by atoms with Gasteiger partial charge in [-0.25, -0.2) is 0 Å². The van der Waals surface area contributed by atoms with Gasteiger partial charge in [0.25, 0.3) is 0 Å². The van der Waals surface area contributed by atoms with Crippen molar-refractivity contribution in [3.63, 3.8) is 0 Å². The highest BCUT2D eigenvalue weighted by atomic mass is 79.9. The molecule has 0 amide bonds. The zero-order valence-electron chi connectivity index (χ0n) is 11.9. The highest BCUT2D eigenvalue weighted by Gasteiger charge is 1.93. The smallest absolute Gasteiger partial charge is 0.0271 e. The molecule has 0 unspecified atom stereocenters. The lowest BCUT2D eigenvalue weighted by Crippen LogP contribution is -1.82. The highest BCUT2D eigenvalue weighted by Crippen LogP contribution is 2.13. The quantitative estimate of drug-likeness (QED) is 0.302. The summed E-state index contributed by atoms with van der Waals surface area (Å²) in [4.78, 5) is 0. The molecule has 0 fully saturated rings. The van der Waals surface area contributed by atoms with Gasteiger partial charge in [-0.2, -0.15) is 0 Å². The van der Waals surface area contributed by atoms with E-state index in [9.17, 15) is 0 Å². The summed E-state index contributed by atoms with van der Waals surface area (Å²) in [6.45, 7) is 2.29. The average Bonchev–Trinajstić information content (AvgIpc) is 2.35. The summed E-state index contributed by atoms with van der Waals surface area (Å²) >= 11 is 3.36. The maximum atomic E-state index is 3.36. The van der Waals surface area contributed by atoms with Crippen molar-refractivity contribution in [2.75, 3.05) is 0 Å². The van der Waals surface area contributed by atoms with E-state index in [1.54, 1.807) is 0 Å². The third-order valence-corrected chi connectivity index (χ3v) is 3.87. The predicted molar refractivity (Wildman–Crippen MR) is 83.5 cm³/mol. The molecule has 17 heavy (non-hydrogen) atoms. The van der Waals surface area contributed by atoms with Crippen molar-refractivity contribution in [1.82, 2.24) is 0 Å². The van der Waals surface area contributed by atoms with E-state index < -0.39 is 0 Å². The zero-order valence-corrected chi connectivity index (χ0v) is 13.4. The minimum absolute atomic E-state index is 1.23. The Morgan fingerprint density at radius 2 is 0.941 bits per heavy atom. The topological polar surface area (TPSA) is 0 Å². The molecule has 0 bridgehead atoms. The van der Waals surface area contributed by atoms with E-state index in [1.807, 2.05) is 0 Å². The minimum Gasteiger partial charge on any atom is -0.0879 e. The number of hydrogen-bond acceptors (Lipinski definition) is 0. The molecule has 0 heterocycles. The fraction of sp³-hybridized carbons (Fsp3) is 0.938. The predicted octanol–water partition coefficient (Wildman–Crippen LogP) is 7.02. The summed E-state index contributed by atoms with van der Waals surface area (Å²) in [7, 11) is 0. The van der Waals surface area contributed by atoms with Gasteiger partial charge in [0.05, 0.1) is 0 Å². The van der Waals surface area contributed by atoms with Crippen LogP contribution in [-0.4, -0.2) is 0 Å². The molecule has 0 rings (SSSR count). The summed E-state index contributed by atoms with van der Waals surface area (Å²) in [6, 6.07) is 0. The fourth-order valence-electron chi connectivity index (χ4n) is 2.24. The first kappa shape index (κ1) is 17.5. The second-order valence-corrected chi connectivity index (χ2v) is 5.83. The van der Waals surface area contributed by atoms with Gasteiger partial charge in [-0.05, 0) is 6.42 Å². The first-order valence-corrected chi connectivity index (χ1v) is 8.75. The molecule has 0 aromatic carbocycles. The molecular formula is C16H32Br. The number of halogens is 1. The lowest BCUT2D eigenvalue weighted by molar-refractivity contribution is 0.540. The monoisotopic (exact) mass is 303 g/mol. The Morgan fingerprint density at radius 1 is 0.588 bits per heavy atom. The van der Waals surface area contributed by atoms with Crippen LogP contribution in [0.4, 0.5) is 0 Å². The van der Waals surface area contributed by atoms with Crippen LogP contribution in [-0.2, 0) is 0 Å². The summed E-state index contributed by atoms with van der Waals surface area (Å²) in [6.07, 6.45) is 20.0. The Bertz CT molecular complexity index is 109. The molecule has 1 heteroatoms. The number of unbranched alkanes of at least 4 members (excludes halogenated alkanes) is 13. The van der Waals surface area contributed by atoms with Crippen molar-refractivity contribution in [3.05, 3.63) is 5.33 Å². The molecule has 0 saturated carbocycles. The Hall–Kier alpha value is 0.480. The molecule has 0 saturated heterocycles. The second-order valence-electron chi connectivity index (χ2n) is 5.19. The van der Waals surface area contributed by atoms with Crippen molar-refractivity contribution in [2.45, 2.75) is 96.8 Å². The zero-order chi connectivity index (χ0) is 12.6. The summed E-state index contributed by atoms with van der Waals surface area (Å²) in [5.74, 6) is 0. The van der Waals surface area contributed by atoms with E-state index in [4.69, 9.17) is 0 Å². The van der Waals surface area contributed by atoms with Gasteiger partial charge in [0.1, 0.15) is 0 Å². The van der Waals surface area contributed by atoms with E-state index in [1.165, 1.54) is 89.9 Å². The lowest BCUT2D eigenvalue weighted by Gasteiger charge is -2.02. The Balaban J connectivity index is 2.85. The van der Waals surface area contributed by atoms with E-state index >= 15 is 0 Å². The van der Waals surface area contributed by atoms with Crippen molar-refractivity contribution >= 4 is 15.9 Å². The lowest BCUT2D eigenvalue weighted by atomic mass is 10.0. The third-order valence-electron chi connectivity index (χ3n) is 3.42. The average molecular weight is 304 g/mol. The molecule has 103 valence electrons. The van der Waals surface area contributed by atoms with Crippen molar-refractivity contribution in [2.24, 2.45) is 0 Å². The third kappa shape index (κ3) is 16.5. The van der Waals surface area contributed by atoms with Crippen LogP contribution in [0.1, 0.15) is 96.8 Å². The molecule has 0 aromatic heterocycles. The Kier molecular flexibility index (Phi) is 16.9. The van der Waals surface area contributed by atoms with Gasteiger partial charge in [0.15, 0.2) is 0 Å². The maximum absolute atomic E-state index is 3.36. The fourth-order valence-corrected chi connectivity index (χ4v) is 2.56. The van der Waals surface area contributed by atoms with Crippen molar-refractivity contribution < 1.29 is 0 Å². The first-order chi connectivity index (χ1) is 8.41. The van der Waals surface area contributed by atoms with Gasteiger partial charge in [0, 0.05) is 5.33 Å². The largest absolute Gasteiger partial charge is 0.0879 e. The molecule has 0 aliphatic heterocycles. The standard InChI is InChI=1S/C16H32Br/c1-2-3-4-5-6-7-8-9-10-11-12-13-14-15-16-17/h16H,2-15H2,1H3. The van der Waals surface area contributed by atoms with Gasteiger partial charge in [-0.3, -0.25) is 0 Å². The summed E-state index contributed by atoms with van der Waals surface area (Å²) < 4.78 is 0. The van der Waals surface area contributed by atoms with Gasteiger partial charge in [-0.15, -0.1) is 0 Å². The van der Waals surface area contributed by atoms with Crippen LogP contribution in [0, 0.1) is 5.33 Å². The Labute approximate surface area is 118 Å². The van der Waals surface area contributed by atoms with Crippen molar-refractivity contribution in [1.29, 1.82) is 0 Å². The molecule has 0 atom stereocenters. The summed E-state index contributed by atoms with van der Waals surface area (Å²) in [5.41, 5.74) is 0. The van der Waals surface area contributed by atoms with Crippen LogP contribution in [0.15, 0.2) is 0 Å². The molecule has 0 spiro atoms. The normalized spacial score (nSPS) is 10.9. The number of hydrogen-bond donors (Lipinski definition) is 0. The van der Waals surface area contributed by atoms with Gasteiger partial charge < -0.3 is 0 Å². The second kappa shape index (κ2) is 16.5. The van der Waals surface area contributed by atoms with Crippen molar-refractivity contribution in [3.8, 4) is 0 Å². The molecule has 0 nitrogen and oxygen atoms in total. The van der Waals surface area contributed by atoms with E-state index in [-0.39, 0.29) is 0 Å². The van der Waals surface area contributed by atoms with Crippen LogP contribution in [0.5, 0.6) is 0 Å². The van der Waals surface area contributed by atoms with Gasteiger partial charge in [0.2, 0.25) is 0 Å². The van der Waals surface area contributed by atoms with Crippen LogP contribution < -0.4 is 0 Å².